The minimum absolute atomic E-state index is 1.22. The third-order valence-corrected chi connectivity index (χ3v) is 9.23. The molecule has 0 heterocycles. The summed E-state index contributed by atoms with van der Waals surface area (Å²) in [5.74, 6) is 0. The lowest BCUT2D eigenvalue weighted by molar-refractivity contribution is 1.58. The summed E-state index contributed by atoms with van der Waals surface area (Å²) in [6.07, 6.45) is 0. The second-order valence-electron chi connectivity index (χ2n) is 11.6. The molecule has 9 aromatic carbocycles. The second-order valence-corrected chi connectivity index (χ2v) is 11.6. The van der Waals surface area contributed by atoms with Crippen molar-refractivity contribution in [2.24, 2.45) is 0 Å². The van der Waals surface area contributed by atoms with E-state index >= 15 is 0 Å². The summed E-state index contributed by atoms with van der Waals surface area (Å²) in [4.78, 5) is 0. The maximum atomic E-state index is 2.44. The number of rotatable bonds is 3. The van der Waals surface area contributed by atoms with Crippen LogP contribution in [0.2, 0.25) is 0 Å². The zero-order valence-electron chi connectivity index (χ0n) is 24.2. The van der Waals surface area contributed by atoms with Gasteiger partial charge in [-0.1, -0.05) is 158 Å². The molecule has 0 spiro atoms. The van der Waals surface area contributed by atoms with E-state index in [4.69, 9.17) is 0 Å². The van der Waals surface area contributed by atoms with Crippen LogP contribution in [0.15, 0.2) is 170 Å². The van der Waals surface area contributed by atoms with Gasteiger partial charge in [0.05, 0.1) is 0 Å². The molecule has 9 aromatic rings. The van der Waals surface area contributed by atoms with Gasteiger partial charge in [-0.15, -0.1) is 0 Å². The highest BCUT2D eigenvalue weighted by molar-refractivity contribution is 6.39. The molecule has 0 atom stereocenters. The Morgan fingerprint density at radius 2 is 0.614 bits per heavy atom. The van der Waals surface area contributed by atoms with Gasteiger partial charge in [0.25, 0.3) is 0 Å². The van der Waals surface area contributed by atoms with Crippen LogP contribution in [0.25, 0.3) is 87.2 Å². The van der Waals surface area contributed by atoms with Gasteiger partial charge in [0.1, 0.15) is 0 Å². The van der Waals surface area contributed by atoms with Crippen LogP contribution >= 0.6 is 0 Å². The first-order valence-corrected chi connectivity index (χ1v) is 15.3. The van der Waals surface area contributed by atoms with Crippen LogP contribution in [-0.2, 0) is 0 Å². The number of benzene rings is 9. The van der Waals surface area contributed by atoms with Crippen molar-refractivity contribution in [1.82, 2.24) is 0 Å². The van der Waals surface area contributed by atoms with Crippen molar-refractivity contribution >= 4 is 53.9 Å². The average Bonchev–Trinajstić information content (AvgIpc) is 3.11. The zero-order chi connectivity index (χ0) is 29.0. The van der Waals surface area contributed by atoms with E-state index < -0.39 is 0 Å². The highest BCUT2D eigenvalue weighted by Crippen LogP contribution is 2.45. The van der Waals surface area contributed by atoms with Crippen LogP contribution in [0.3, 0.4) is 0 Å². The molecule has 0 aliphatic heterocycles. The van der Waals surface area contributed by atoms with Crippen molar-refractivity contribution in [2.75, 3.05) is 0 Å². The summed E-state index contributed by atoms with van der Waals surface area (Å²) < 4.78 is 0. The Morgan fingerprint density at radius 1 is 0.205 bits per heavy atom. The van der Waals surface area contributed by atoms with E-state index in [1.54, 1.807) is 0 Å². The van der Waals surface area contributed by atoms with Gasteiger partial charge >= 0.3 is 0 Å². The highest BCUT2D eigenvalue weighted by atomic mass is 14.2. The summed E-state index contributed by atoms with van der Waals surface area (Å²) in [6.45, 7) is 0. The van der Waals surface area contributed by atoms with Gasteiger partial charge in [-0.3, -0.25) is 0 Å². The molecule has 44 heavy (non-hydrogen) atoms. The summed E-state index contributed by atoms with van der Waals surface area (Å²) in [6, 6.07) is 62.2. The molecule has 0 unspecified atom stereocenters. The van der Waals surface area contributed by atoms with Crippen LogP contribution in [0.1, 0.15) is 0 Å². The van der Waals surface area contributed by atoms with E-state index in [1.807, 2.05) is 0 Å². The minimum atomic E-state index is 1.22. The quantitative estimate of drug-likeness (QED) is 0.190. The molecule has 0 radical (unpaired) electrons. The number of fused-ring (bicyclic) bond motifs is 11. The third-order valence-electron chi connectivity index (χ3n) is 9.23. The minimum Gasteiger partial charge on any atom is -0.0622 e. The maximum absolute atomic E-state index is 2.44. The van der Waals surface area contributed by atoms with Gasteiger partial charge in [-0.2, -0.15) is 0 Å². The molecule has 0 heteroatoms. The van der Waals surface area contributed by atoms with Crippen LogP contribution in [-0.4, -0.2) is 0 Å². The fourth-order valence-corrected chi connectivity index (χ4v) is 7.27. The Morgan fingerprint density at radius 3 is 1.20 bits per heavy atom. The fourth-order valence-electron chi connectivity index (χ4n) is 7.27. The van der Waals surface area contributed by atoms with Crippen molar-refractivity contribution < 1.29 is 0 Å². The topological polar surface area (TPSA) is 0 Å². The monoisotopic (exact) mass is 556 g/mol. The maximum Gasteiger partial charge on any atom is -0.00137 e. The van der Waals surface area contributed by atoms with Gasteiger partial charge in [0.15, 0.2) is 0 Å². The van der Waals surface area contributed by atoms with E-state index in [1.165, 1.54) is 87.2 Å². The molecule has 0 amide bonds. The van der Waals surface area contributed by atoms with Gasteiger partial charge in [0, 0.05) is 0 Å². The predicted molar refractivity (Wildman–Crippen MR) is 190 cm³/mol. The van der Waals surface area contributed by atoms with E-state index in [9.17, 15) is 0 Å². The van der Waals surface area contributed by atoms with E-state index in [0.717, 1.165) is 0 Å². The Kier molecular flexibility index (Phi) is 5.61. The highest BCUT2D eigenvalue weighted by Gasteiger charge is 2.17. The Hall–Kier alpha value is -5.72. The first-order valence-electron chi connectivity index (χ1n) is 15.3. The smallest absolute Gasteiger partial charge is 0.00137 e. The van der Waals surface area contributed by atoms with Gasteiger partial charge < -0.3 is 0 Å². The lowest BCUT2D eigenvalue weighted by Gasteiger charge is -2.18. The van der Waals surface area contributed by atoms with E-state index in [0.29, 0.717) is 0 Å². The molecule has 0 aliphatic rings. The molecule has 0 aromatic heterocycles. The molecule has 0 aliphatic carbocycles. The molecule has 0 fully saturated rings. The predicted octanol–water partition coefficient (Wildman–Crippen LogP) is 12.5. The van der Waals surface area contributed by atoms with Gasteiger partial charge in [0.2, 0.25) is 0 Å². The number of hydrogen-bond donors (Lipinski definition) is 0. The van der Waals surface area contributed by atoms with Crippen LogP contribution in [0.5, 0.6) is 0 Å². The molecule has 0 N–H and O–H groups in total. The summed E-state index contributed by atoms with van der Waals surface area (Å²) >= 11 is 0. The average molecular weight is 557 g/mol. The van der Waals surface area contributed by atoms with Gasteiger partial charge in [-0.05, 0) is 99.4 Å². The normalized spacial score (nSPS) is 11.6. The van der Waals surface area contributed by atoms with Gasteiger partial charge in [-0.25, -0.2) is 0 Å². The Bertz CT molecular complexity index is 2520. The Balaban J connectivity index is 1.37. The van der Waals surface area contributed by atoms with E-state index in [2.05, 4.69) is 170 Å². The standard InChI is InChI=1S/C44H28/c1-2-13-29(14-3-1)30-15-12-16-31(27-30)33-17-4-5-18-34(33)32-25-26-38-37-21-8-10-23-40(37)43-39-22-9-6-19-35(39)36-20-7-11-24-41(36)44(43)42(38)28-32/h1-28H. The lowest BCUT2D eigenvalue weighted by Crippen LogP contribution is -1.90. The Labute approximate surface area is 256 Å². The summed E-state index contributed by atoms with van der Waals surface area (Å²) in [7, 11) is 0. The molecular formula is C44H28. The lowest BCUT2D eigenvalue weighted by atomic mass is 9.85. The molecule has 0 bridgehead atoms. The fraction of sp³-hybridized carbons (Fsp3) is 0. The number of hydrogen-bond acceptors (Lipinski definition) is 0. The molecule has 0 saturated heterocycles. The molecule has 9 rings (SSSR count). The SMILES string of the molecule is c1ccc(-c2cccc(-c3ccccc3-c3ccc4c5ccccc5c5c6ccccc6c6ccccc6c5c4c3)c2)cc1. The first kappa shape index (κ1) is 24.8. The van der Waals surface area contributed by atoms with Crippen molar-refractivity contribution in [1.29, 1.82) is 0 Å². The third kappa shape index (κ3) is 3.78. The van der Waals surface area contributed by atoms with Crippen molar-refractivity contribution in [3.05, 3.63) is 170 Å². The van der Waals surface area contributed by atoms with E-state index in [-0.39, 0.29) is 0 Å². The van der Waals surface area contributed by atoms with Crippen molar-refractivity contribution in [3.8, 4) is 33.4 Å². The second kappa shape index (κ2) is 9.93. The summed E-state index contributed by atoms with van der Waals surface area (Å²) in [5, 5.41) is 13.1. The van der Waals surface area contributed by atoms with Crippen LogP contribution in [0, 0.1) is 0 Å². The largest absolute Gasteiger partial charge is 0.0622 e. The first-order chi connectivity index (χ1) is 21.8. The van der Waals surface area contributed by atoms with Crippen molar-refractivity contribution in [3.63, 3.8) is 0 Å². The van der Waals surface area contributed by atoms with Crippen LogP contribution in [0.4, 0.5) is 0 Å². The molecule has 204 valence electrons. The molecule has 0 saturated carbocycles. The van der Waals surface area contributed by atoms with Crippen LogP contribution < -0.4 is 0 Å². The summed E-state index contributed by atoms with van der Waals surface area (Å²) in [5.41, 5.74) is 7.40. The molecular weight excluding hydrogens is 528 g/mol. The zero-order valence-corrected chi connectivity index (χ0v) is 24.2. The van der Waals surface area contributed by atoms with Crippen molar-refractivity contribution in [2.45, 2.75) is 0 Å². The molecule has 0 nitrogen and oxygen atoms in total.